The maximum absolute atomic E-state index is 12.8. The van der Waals surface area contributed by atoms with Gasteiger partial charge in [-0.15, -0.1) is 0 Å². The number of benzene rings is 2. The zero-order valence-electron chi connectivity index (χ0n) is 15.9. The van der Waals surface area contributed by atoms with E-state index in [0.29, 0.717) is 28.9 Å². The molecule has 0 aliphatic heterocycles. The van der Waals surface area contributed by atoms with Crippen LogP contribution in [-0.2, 0) is 13.5 Å². The van der Waals surface area contributed by atoms with E-state index in [-0.39, 0.29) is 11.7 Å². The molecule has 0 spiro atoms. The molecular formula is C21H21F2N3O2. The Kier molecular flexibility index (Phi) is 5.73. The molecule has 1 amide bonds. The molecule has 0 bridgehead atoms. The number of hydrogen-bond donors (Lipinski definition) is 1. The molecule has 1 heterocycles. The number of carbonyl (C=O) groups is 1. The largest absolute Gasteiger partial charge is 0.435 e. The van der Waals surface area contributed by atoms with Crippen LogP contribution in [0.2, 0.25) is 0 Å². The number of anilines is 1. The Labute approximate surface area is 161 Å². The zero-order chi connectivity index (χ0) is 20.3. The predicted octanol–water partition coefficient (Wildman–Crippen LogP) is 4.48. The number of nitrogens with one attached hydrogen (secondary N) is 1. The maximum atomic E-state index is 12.8. The second kappa shape index (κ2) is 8.21. The van der Waals surface area contributed by atoms with Crippen LogP contribution < -0.4 is 10.1 Å². The van der Waals surface area contributed by atoms with E-state index in [1.807, 2.05) is 37.3 Å². The van der Waals surface area contributed by atoms with E-state index in [9.17, 15) is 13.6 Å². The van der Waals surface area contributed by atoms with Crippen LogP contribution in [0.1, 0.15) is 32.9 Å². The number of hydrogen-bond acceptors (Lipinski definition) is 3. The first-order valence-corrected chi connectivity index (χ1v) is 8.78. The molecule has 3 aromatic rings. The fourth-order valence-corrected chi connectivity index (χ4v) is 3.12. The molecule has 0 aliphatic rings. The quantitative estimate of drug-likeness (QED) is 0.681. The average Bonchev–Trinajstić information content (AvgIpc) is 2.90. The summed E-state index contributed by atoms with van der Waals surface area (Å²) >= 11 is 0. The summed E-state index contributed by atoms with van der Waals surface area (Å²) in [5.41, 5.74) is 3.88. The van der Waals surface area contributed by atoms with Gasteiger partial charge in [-0.2, -0.15) is 13.9 Å². The molecule has 3 rings (SSSR count). The SMILES string of the molecule is Cc1nn(C)c(C)c1C(=O)Nc1ccc(OC(F)F)c(Cc2ccccc2)c1. The van der Waals surface area contributed by atoms with Crippen LogP contribution in [-0.4, -0.2) is 22.3 Å². The number of halogens is 2. The molecule has 146 valence electrons. The van der Waals surface area contributed by atoms with Crippen molar-refractivity contribution in [3.05, 3.63) is 76.6 Å². The summed E-state index contributed by atoms with van der Waals surface area (Å²) in [6, 6.07) is 14.1. The Morgan fingerprint density at radius 1 is 1.18 bits per heavy atom. The second-order valence-electron chi connectivity index (χ2n) is 6.49. The summed E-state index contributed by atoms with van der Waals surface area (Å²) in [5, 5.41) is 7.07. The second-order valence-corrected chi connectivity index (χ2v) is 6.49. The zero-order valence-corrected chi connectivity index (χ0v) is 15.9. The Morgan fingerprint density at radius 2 is 1.89 bits per heavy atom. The fraction of sp³-hybridized carbons (Fsp3) is 0.238. The summed E-state index contributed by atoms with van der Waals surface area (Å²) in [6.45, 7) is 0.660. The maximum Gasteiger partial charge on any atom is 0.387 e. The number of alkyl halides is 2. The van der Waals surface area contributed by atoms with E-state index >= 15 is 0 Å². The number of amides is 1. The van der Waals surface area contributed by atoms with Gasteiger partial charge in [-0.1, -0.05) is 30.3 Å². The van der Waals surface area contributed by atoms with Crippen molar-refractivity contribution in [2.75, 3.05) is 5.32 Å². The highest BCUT2D eigenvalue weighted by molar-refractivity contribution is 6.05. The van der Waals surface area contributed by atoms with Gasteiger partial charge in [0.05, 0.1) is 11.3 Å². The highest BCUT2D eigenvalue weighted by Crippen LogP contribution is 2.27. The Morgan fingerprint density at radius 3 is 2.50 bits per heavy atom. The summed E-state index contributed by atoms with van der Waals surface area (Å²) < 4.78 is 31.8. The Bertz CT molecular complexity index is 985. The molecule has 28 heavy (non-hydrogen) atoms. The van der Waals surface area contributed by atoms with Crippen LogP contribution >= 0.6 is 0 Å². The minimum Gasteiger partial charge on any atom is -0.435 e. The van der Waals surface area contributed by atoms with E-state index in [0.717, 1.165) is 11.3 Å². The third kappa shape index (κ3) is 4.36. The van der Waals surface area contributed by atoms with Crippen LogP contribution in [0.4, 0.5) is 14.5 Å². The third-order valence-corrected chi connectivity index (χ3v) is 4.51. The van der Waals surface area contributed by atoms with Crippen molar-refractivity contribution >= 4 is 11.6 Å². The topological polar surface area (TPSA) is 56.2 Å². The fourth-order valence-electron chi connectivity index (χ4n) is 3.12. The van der Waals surface area contributed by atoms with Gasteiger partial charge in [-0.05, 0) is 37.6 Å². The summed E-state index contributed by atoms with van der Waals surface area (Å²) in [5.74, 6) is -0.207. The molecule has 2 aromatic carbocycles. The number of aromatic nitrogens is 2. The standard InChI is InChI=1S/C21H21F2N3O2/c1-13-19(14(2)26(3)25-13)20(27)24-17-9-10-18(28-21(22)23)16(12-17)11-15-7-5-4-6-8-15/h4-10,12,21H,11H2,1-3H3,(H,24,27). The summed E-state index contributed by atoms with van der Waals surface area (Å²) in [6.07, 6.45) is 0.400. The van der Waals surface area contributed by atoms with Crippen LogP contribution in [0.15, 0.2) is 48.5 Å². The van der Waals surface area contributed by atoms with Gasteiger partial charge in [0.25, 0.3) is 5.91 Å². The van der Waals surface area contributed by atoms with Crippen molar-refractivity contribution in [3.63, 3.8) is 0 Å². The lowest BCUT2D eigenvalue weighted by Crippen LogP contribution is -2.14. The molecule has 1 N–H and O–H groups in total. The lowest BCUT2D eigenvalue weighted by molar-refractivity contribution is -0.0503. The molecule has 0 unspecified atom stereocenters. The summed E-state index contributed by atoms with van der Waals surface area (Å²) in [7, 11) is 1.77. The van der Waals surface area contributed by atoms with Crippen molar-refractivity contribution in [2.24, 2.45) is 7.05 Å². The molecule has 0 atom stereocenters. The molecule has 7 heteroatoms. The van der Waals surface area contributed by atoms with E-state index in [2.05, 4.69) is 15.2 Å². The van der Waals surface area contributed by atoms with E-state index < -0.39 is 6.61 Å². The molecule has 5 nitrogen and oxygen atoms in total. The molecule has 0 saturated heterocycles. The minimum absolute atomic E-state index is 0.0885. The average molecular weight is 385 g/mol. The van der Waals surface area contributed by atoms with Crippen molar-refractivity contribution in [1.29, 1.82) is 0 Å². The van der Waals surface area contributed by atoms with Gasteiger partial charge < -0.3 is 10.1 Å². The van der Waals surface area contributed by atoms with Crippen molar-refractivity contribution < 1.29 is 18.3 Å². The monoisotopic (exact) mass is 385 g/mol. The van der Waals surface area contributed by atoms with E-state index in [1.165, 1.54) is 6.07 Å². The van der Waals surface area contributed by atoms with Gasteiger partial charge in [-0.25, -0.2) is 0 Å². The number of aryl methyl sites for hydroxylation is 2. The number of rotatable bonds is 6. The van der Waals surface area contributed by atoms with Crippen LogP contribution in [0.3, 0.4) is 0 Å². The van der Waals surface area contributed by atoms with Crippen LogP contribution in [0, 0.1) is 13.8 Å². The number of nitrogens with zero attached hydrogens (tertiary/aromatic N) is 2. The highest BCUT2D eigenvalue weighted by Gasteiger charge is 2.18. The Hall–Kier alpha value is -3.22. The van der Waals surface area contributed by atoms with Crippen molar-refractivity contribution in [1.82, 2.24) is 9.78 Å². The van der Waals surface area contributed by atoms with E-state index in [1.54, 1.807) is 30.8 Å². The van der Waals surface area contributed by atoms with Gasteiger partial charge in [0.2, 0.25) is 0 Å². The molecule has 0 radical (unpaired) electrons. The van der Waals surface area contributed by atoms with Gasteiger partial charge in [0, 0.05) is 30.4 Å². The van der Waals surface area contributed by atoms with Gasteiger partial charge in [-0.3, -0.25) is 9.48 Å². The summed E-state index contributed by atoms with van der Waals surface area (Å²) in [4.78, 5) is 12.7. The van der Waals surface area contributed by atoms with Crippen molar-refractivity contribution in [3.8, 4) is 5.75 Å². The first kappa shape index (κ1) is 19.5. The van der Waals surface area contributed by atoms with Crippen LogP contribution in [0.25, 0.3) is 0 Å². The van der Waals surface area contributed by atoms with Gasteiger partial charge in [0.15, 0.2) is 0 Å². The number of carbonyl (C=O) groups excluding carboxylic acids is 1. The Balaban J connectivity index is 1.89. The molecule has 0 fully saturated rings. The van der Waals surface area contributed by atoms with Crippen LogP contribution in [0.5, 0.6) is 5.75 Å². The molecule has 1 aromatic heterocycles. The normalized spacial score (nSPS) is 10.9. The lowest BCUT2D eigenvalue weighted by Gasteiger charge is -2.14. The predicted molar refractivity (Wildman–Crippen MR) is 103 cm³/mol. The van der Waals surface area contributed by atoms with Gasteiger partial charge >= 0.3 is 6.61 Å². The van der Waals surface area contributed by atoms with E-state index in [4.69, 9.17) is 0 Å². The van der Waals surface area contributed by atoms with Crippen molar-refractivity contribution in [2.45, 2.75) is 26.9 Å². The highest BCUT2D eigenvalue weighted by atomic mass is 19.3. The smallest absolute Gasteiger partial charge is 0.387 e. The molecular weight excluding hydrogens is 364 g/mol. The van der Waals surface area contributed by atoms with Gasteiger partial charge in [0.1, 0.15) is 5.75 Å². The third-order valence-electron chi connectivity index (χ3n) is 4.51. The first-order chi connectivity index (χ1) is 13.3. The molecule has 0 aliphatic carbocycles. The molecule has 0 saturated carbocycles. The number of ether oxygens (including phenoxy) is 1. The minimum atomic E-state index is -2.92. The lowest BCUT2D eigenvalue weighted by atomic mass is 10.0. The first-order valence-electron chi connectivity index (χ1n) is 8.78.